The number of likely N-dealkylation sites (N-methyl/N-ethyl adjacent to an activating group) is 2. The first-order valence-electron chi connectivity index (χ1n) is 10.4. The number of benzene rings is 1. The zero-order valence-electron chi connectivity index (χ0n) is 18.5. The summed E-state index contributed by atoms with van der Waals surface area (Å²) < 4.78 is 64.8. The van der Waals surface area contributed by atoms with Gasteiger partial charge in [0.1, 0.15) is 0 Å². The number of hydrogen-bond acceptors (Lipinski definition) is 4. The number of rotatable bonds is 8. The topological polar surface area (TPSA) is 60.9 Å². The molecule has 2 rings (SSSR count). The van der Waals surface area contributed by atoms with Gasteiger partial charge in [0.25, 0.3) is 0 Å². The highest BCUT2D eigenvalue weighted by molar-refractivity contribution is 7.89. The number of nitrogens with zero attached hydrogens (tertiary/aromatic N) is 3. The molecule has 1 saturated carbocycles. The van der Waals surface area contributed by atoms with Crippen molar-refractivity contribution in [2.45, 2.75) is 36.8 Å². The van der Waals surface area contributed by atoms with Crippen LogP contribution in [0.15, 0.2) is 29.2 Å². The molecule has 10 heteroatoms. The van der Waals surface area contributed by atoms with E-state index in [0.29, 0.717) is 19.4 Å². The highest BCUT2D eigenvalue weighted by atomic mass is 32.2. The van der Waals surface area contributed by atoms with Crippen LogP contribution in [0.5, 0.6) is 0 Å². The molecule has 1 aromatic carbocycles. The van der Waals surface area contributed by atoms with E-state index in [1.807, 2.05) is 26.0 Å². The van der Waals surface area contributed by atoms with Gasteiger partial charge in [0.2, 0.25) is 15.9 Å². The van der Waals surface area contributed by atoms with Gasteiger partial charge in [0, 0.05) is 39.6 Å². The van der Waals surface area contributed by atoms with Crippen LogP contribution in [0.25, 0.3) is 0 Å². The van der Waals surface area contributed by atoms with Crippen LogP contribution < -0.4 is 0 Å². The van der Waals surface area contributed by atoms with E-state index < -0.39 is 21.8 Å². The summed E-state index contributed by atoms with van der Waals surface area (Å²) in [4.78, 5) is 16.2. The minimum atomic E-state index is -4.51. The summed E-state index contributed by atoms with van der Waals surface area (Å²) in [6.45, 7) is 1.74. The Hall–Kier alpha value is -1.65. The summed E-state index contributed by atoms with van der Waals surface area (Å²) in [5.41, 5.74) is -0.882. The van der Waals surface area contributed by atoms with E-state index in [1.165, 1.54) is 11.4 Å². The number of carbonyl (C=O) groups is 1. The van der Waals surface area contributed by atoms with Gasteiger partial charge in [-0.15, -0.1) is 0 Å². The van der Waals surface area contributed by atoms with Gasteiger partial charge in [-0.05, 0) is 70.0 Å². The maximum Gasteiger partial charge on any atom is 0.416 e. The van der Waals surface area contributed by atoms with Gasteiger partial charge in [-0.3, -0.25) is 4.79 Å². The summed E-state index contributed by atoms with van der Waals surface area (Å²) in [5, 5.41) is 0. The normalized spacial score (nSPS) is 20.3. The number of carbonyl (C=O) groups excluding carboxylic acids is 1. The second-order valence-electron chi connectivity index (χ2n) is 8.59. The molecule has 31 heavy (non-hydrogen) atoms. The zero-order valence-corrected chi connectivity index (χ0v) is 19.3. The Morgan fingerprint density at radius 1 is 0.968 bits per heavy atom. The highest BCUT2D eigenvalue weighted by Crippen LogP contribution is 2.32. The van der Waals surface area contributed by atoms with E-state index >= 15 is 0 Å². The lowest BCUT2D eigenvalue weighted by molar-refractivity contribution is -0.137. The standard InChI is InChI=1S/C21H32F3N3O3S/c1-25(2)13-14-26(3)20(28)17-7-5-16(6-8-17)15-27(4)31(29,30)19-11-9-18(10-12-19)21(22,23)24/h9-12,16-17H,5-8,13-15H2,1-4H3. The van der Waals surface area contributed by atoms with Crippen LogP contribution in [0.1, 0.15) is 31.2 Å². The monoisotopic (exact) mass is 463 g/mol. The van der Waals surface area contributed by atoms with E-state index in [9.17, 15) is 26.4 Å². The van der Waals surface area contributed by atoms with E-state index in [2.05, 4.69) is 0 Å². The molecule has 6 nitrogen and oxygen atoms in total. The molecule has 0 atom stereocenters. The van der Waals surface area contributed by atoms with Crippen LogP contribution >= 0.6 is 0 Å². The molecule has 0 N–H and O–H groups in total. The third-order valence-corrected chi connectivity index (χ3v) is 7.70. The molecule has 176 valence electrons. The lowest BCUT2D eigenvalue weighted by Gasteiger charge is -2.32. The van der Waals surface area contributed by atoms with E-state index in [1.54, 1.807) is 4.90 Å². The van der Waals surface area contributed by atoms with Crippen molar-refractivity contribution in [2.75, 3.05) is 47.8 Å². The number of alkyl halides is 3. The van der Waals surface area contributed by atoms with Crippen LogP contribution in [0.2, 0.25) is 0 Å². The fourth-order valence-electron chi connectivity index (χ4n) is 3.82. The fourth-order valence-corrected chi connectivity index (χ4v) is 5.07. The minimum absolute atomic E-state index is 0.0414. The first-order chi connectivity index (χ1) is 14.3. The summed E-state index contributed by atoms with van der Waals surface area (Å²) in [5.74, 6) is 0.205. The van der Waals surface area contributed by atoms with Crippen LogP contribution in [0, 0.1) is 11.8 Å². The SMILES string of the molecule is CN(C)CCN(C)C(=O)C1CCC(CN(C)S(=O)(=O)c2ccc(C(F)(F)F)cc2)CC1. The quantitative estimate of drug-likeness (QED) is 0.594. The Balaban J connectivity index is 1.90. The second kappa shape index (κ2) is 10.3. The van der Waals surface area contributed by atoms with Crippen LogP contribution in [0.3, 0.4) is 0 Å². The first kappa shape index (κ1) is 25.6. The third-order valence-electron chi connectivity index (χ3n) is 5.86. The van der Waals surface area contributed by atoms with Crippen molar-refractivity contribution in [2.24, 2.45) is 11.8 Å². The predicted molar refractivity (Wildman–Crippen MR) is 113 cm³/mol. The molecule has 0 spiro atoms. The molecule has 1 aromatic rings. The van der Waals surface area contributed by atoms with E-state index in [-0.39, 0.29) is 29.2 Å². The molecule has 0 unspecified atom stereocenters. The van der Waals surface area contributed by atoms with Crippen molar-refractivity contribution in [3.05, 3.63) is 29.8 Å². The van der Waals surface area contributed by atoms with Crippen LogP contribution in [0.4, 0.5) is 13.2 Å². The lowest BCUT2D eigenvalue weighted by Crippen LogP contribution is -2.40. The van der Waals surface area contributed by atoms with Crippen molar-refractivity contribution in [1.82, 2.24) is 14.1 Å². The minimum Gasteiger partial charge on any atom is -0.344 e. The maximum absolute atomic E-state index is 12.7. The van der Waals surface area contributed by atoms with Crippen LogP contribution in [-0.4, -0.2) is 76.3 Å². The van der Waals surface area contributed by atoms with Gasteiger partial charge < -0.3 is 9.80 Å². The van der Waals surface area contributed by atoms with Crippen molar-refractivity contribution in [1.29, 1.82) is 0 Å². The Bertz CT molecular complexity index is 834. The van der Waals surface area contributed by atoms with Gasteiger partial charge in [0.05, 0.1) is 10.5 Å². The number of halogens is 3. The Labute approximate surface area is 183 Å². The number of sulfonamides is 1. The van der Waals surface area contributed by atoms with Gasteiger partial charge in [-0.1, -0.05) is 0 Å². The van der Waals surface area contributed by atoms with Crippen LogP contribution in [-0.2, 0) is 21.0 Å². The van der Waals surface area contributed by atoms with Gasteiger partial charge in [-0.2, -0.15) is 13.2 Å². The molecule has 0 saturated heterocycles. The molecule has 1 amide bonds. The average Bonchev–Trinajstić information content (AvgIpc) is 2.71. The number of hydrogen-bond donors (Lipinski definition) is 0. The molecule has 0 heterocycles. The van der Waals surface area contributed by atoms with Gasteiger partial charge in [-0.25, -0.2) is 12.7 Å². The fraction of sp³-hybridized carbons (Fsp3) is 0.667. The molecule has 0 aromatic heterocycles. The van der Waals surface area contributed by atoms with Gasteiger partial charge in [0.15, 0.2) is 0 Å². The highest BCUT2D eigenvalue weighted by Gasteiger charge is 2.33. The molecule has 0 radical (unpaired) electrons. The molecular formula is C21H32F3N3O3S. The summed E-state index contributed by atoms with van der Waals surface area (Å²) >= 11 is 0. The third kappa shape index (κ3) is 6.92. The summed E-state index contributed by atoms with van der Waals surface area (Å²) in [6.07, 6.45) is -1.60. The van der Waals surface area contributed by atoms with Crippen molar-refractivity contribution in [3.63, 3.8) is 0 Å². The molecule has 0 aliphatic heterocycles. The molecule has 1 fully saturated rings. The van der Waals surface area contributed by atoms with Crippen molar-refractivity contribution < 1.29 is 26.4 Å². The molecule has 1 aliphatic carbocycles. The maximum atomic E-state index is 12.7. The van der Waals surface area contributed by atoms with Crippen molar-refractivity contribution >= 4 is 15.9 Å². The van der Waals surface area contributed by atoms with E-state index in [0.717, 1.165) is 43.7 Å². The Morgan fingerprint density at radius 3 is 2.00 bits per heavy atom. The predicted octanol–water partition coefficient (Wildman–Crippen LogP) is 3.15. The second-order valence-corrected chi connectivity index (χ2v) is 10.6. The Kier molecular flexibility index (Phi) is 8.52. The first-order valence-corrected chi connectivity index (χ1v) is 11.8. The van der Waals surface area contributed by atoms with E-state index in [4.69, 9.17) is 0 Å². The largest absolute Gasteiger partial charge is 0.416 e. The summed E-state index contributed by atoms with van der Waals surface area (Å²) in [6, 6.07) is 3.55. The average molecular weight is 464 g/mol. The molecular weight excluding hydrogens is 431 g/mol. The number of amides is 1. The Morgan fingerprint density at radius 2 is 1.52 bits per heavy atom. The molecule has 0 bridgehead atoms. The lowest BCUT2D eigenvalue weighted by atomic mass is 9.81. The smallest absolute Gasteiger partial charge is 0.344 e. The molecule has 1 aliphatic rings. The van der Waals surface area contributed by atoms with Crippen molar-refractivity contribution in [3.8, 4) is 0 Å². The zero-order chi connectivity index (χ0) is 23.4. The summed E-state index contributed by atoms with van der Waals surface area (Å²) in [7, 11) is 3.29. The van der Waals surface area contributed by atoms with Gasteiger partial charge >= 0.3 is 6.18 Å².